The fourth-order valence-electron chi connectivity index (χ4n) is 1.50. The molecule has 0 saturated heterocycles. The fraction of sp³-hybridized carbons (Fsp3) is 0.333. The standard InChI is InChI=1S/C12H15N3OS/c1-16-12-4-2-10(3-5-12)6-7-13-8-11-9-17-15-14-11/h2-5,9,13H,6-8H2,1H3. The van der Waals surface area contributed by atoms with Crippen molar-refractivity contribution in [3.63, 3.8) is 0 Å². The first-order valence-corrected chi connectivity index (χ1v) is 6.32. The Morgan fingerprint density at radius 1 is 1.29 bits per heavy atom. The second-order valence-corrected chi connectivity index (χ2v) is 4.28. The van der Waals surface area contributed by atoms with Crippen molar-refractivity contribution in [1.29, 1.82) is 0 Å². The second kappa shape index (κ2) is 6.32. The van der Waals surface area contributed by atoms with Gasteiger partial charge in [-0.05, 0) is 42.2 Å². The lowest BCUT2D eigenvalue weighted by atomic mass is 10.1. The molecule has 0 atom stereocenters. The summed E-state index contributed by atoms with van der Waals surface area (Å²) in [7, 11) is 1.68. The summed E-state index contributed by atoms with van der Waals surface area (Å²) in [6.07, 6.45) is 1.00. The van der Waals surface area contributed by atoms with Crippen molar-refractivity contribution >= 4 is 11.5 Å². The van der Waals surface area contributed by atoms with Gasteiger partial charge in [0, 0.05) is 11.9 Å². The van der Waals surface area contributed by atoms with E-state index >= 15 is 0 Å². The second-order valence-electron chi connectivity index (χ2n) is 3.67. The quantitative estimate of drug-likeness (QED) is 0.794. The molecule has 0 aliphatic carbocycles. The van der Waals surface area contributed by atoms with Gasteiger partial charge in [-0.2, -0.15) is 0 Å². The third-order valence-electron chi connectivity index (χ3n) is 2.46. The molecule has 1 aromatic carbocycles. The minimum Gasteiger partial charge on any atom is -0.497 e. The van der Waals surface area contributed by atoms with Crippen LogP contribution in [-0.4, -0.2) is 23.2 Å². The molecule has 4 nitrogen and oxygen atoms in total. The van der Waals surface area contributed by atoms with Gasteiger partial charge in [-0.25, -0.2) is 0 Å². The van der Waals surface area contributed by atoms with Crippen LogP contribution in [0.5, 0.6) is 5.75 Å². The van der Waals surface area contributed by atoms with Crippen molar-refractivity contribution in [3.8, 4) is 5.75 Å². The van der Waals surface area contributed by atoms with E-state index in [1.54, 1.807) is 7.11 Å². The van der Waals surface area contributed by atoms with Crippen LogP contribution in [-0.2, 0) is 13.0 Å². The monoisotopic (exact) mass is 249 g/mol. The SMILES string of the molecule is COc1ccc(CCNCc2csnn2)cc1. The van der Waals surface area contributed by atoms with Crippen LogP contribution < -0.4 is 10.1 Å². The summed E-state index contributed by atoms with van der Waals surface area (Å²) in [5, 5.41) is 9.27. The summed E-state index contributed by atoms with van der Waals surface area (Å²) < 4.78 is 8.93. The molecule has 0 unspecified atom stereocenters. The van der Waals surface area contributed by atoms with Crippen molar-refractivity contribution in [2.75, 3.05) is 13.7 Å². The maximum atomic E-state index is 5.11. The number of hydrogen-bond acceptors (Lipinski definition) is 5. The molecular weight excluding hydrogens is 234 g/mol. The Hall–Kier alpha value is -1.46. The van der Waals surface area contributed by atoms with E-state index in [0.29, 0.717) is 0 Å². The molecule has 1 aromatic heterocycles. The molecule has 0 aliphatic rings. The molecule has 0 spiro atoms. The van der Waals surface area contributed by atoms with Gasteiger partial charge in [0.25, 0.3) is 0 Å². The van der Waals surface area contributed by atoms with Gasteiger partial charge < -0.3 is 10.1 Å². The predicted molar refractivity (Wildman–Crippen MR) is 68.3 cm³/mol. The molecule has 0 bridgehead atoms. The molecule has 90 valence electrons. The average molecular weight is 249 g/mol. The van der Waals surface area contributed by atoms with E-state index in [4.69, 9.17) is 4.74 Å². The Bertz CT molecular complexity index is 428. The highest BCUT2D eigenvalue weighted by atomic mass is 32.1. The Morgan fingerprint density at radius 3 is 2.76 bits per heavy atom. The van der Waals surface area contributed by atoms with Gasteiger partial charge >= 0.3 is 0 Å². The minimum absolute atomic E-state index is 0.784. The topological polar surface area (TPSA) is 47.0 Å². The molecule has 0 saturated carbocycles. The highest BCUT2D eigenvalue weighted by molar-refractivity contribution is 7.03. The van der Waals surface area contributed by atoms with Crippen LogP contribution in [0.3, 0.4) is 0 Å². The van der Waals surface area contributed by atoms with Crippen molar-refractivity contribution in [2.45, 2.75) is 13.0 Å². The number of nitrogens with zero attached hydrogens (tertiary/aromatic N) is 2. The van der Waals surface area contributed by atoms with Crippen molar-refractivity contribution in [3.05, 3.63) is 40.9 Å². The van der Waals surface area contributed by atoms with E-state index in [1.807, 2.05) is 17.5 Å². The first-order valence-electron chi connectivity index (χ1n) is 5.48. The molecule has 0 radical (unpaired) electrons. The number of aromatic nitrogens is 2. The van der Waals surface area contributed by atoms with E-state index in [-0.39, 0.29) is 0 Å². The Labute approximate surface area is 105 Å². The normalized spacial score (nSPS) is 10.4. The number of ether oxygens (including phenoxy) is 1. The molecule has 1 heterocycles. The van der Waals surface area contributed by atoms with Crippen LogP contribution >= 0.6 is 11.5 Å². The maximum Gasteiger partial charge on any atom is 0.118 e. The van der Waals surface area contributed by atoms with Crippen molar-refractivity contribution in [2.24, 2.45) is 0 Å². The third-order valence-corrected chi connectivity index (χ3v) is 3.01. The number of hydrogen-bond donors (Lipinski definition) is 1. The lowest BCUT2D eigenvalue weighted by molar-refractivity contribution is 0.414. The Balaban J connectivity index is 1.70. The zero-order chi connectivity index (χ0) is 11.9. The minimum atomic E-state index is 0.784. The number of rotatable bonds is 6. The van der Waals surface area contributed by atoms with Gasteiger partial charge in [-0.1, -0.05) is 16.6 Å². The summed E-state index contributed by atoms with van der Waals surface area (Å²) in [6.45, 7) is 1.72. The molecule has 0 amide bonds. The van der Waals surface area contributed by atoms with E-state index < -0.39 is 0 Å². The molecule has 1 N–H and O–H groups in total. The fourth-order valence-corrected chi connectivity index (χ4v) is 1.95. The smallest absolute Gasteiger partial charge is 0.118 e. The Kier molecular flexibility index (Phi) is 4.46. The zero-order valence-electron chi connectivity index (χ0n) is 9.72. The van der Waals surface area contributed by atoms with E-state index in [0.717, 1.165) is 31.0 Å². The molecule has 2 rings (SSSR count). The number of methoxy groups -OCH3 is 1. The van der Waals surface area contributed by atoms with Gasteiger partial charge in [0.1, 0.15) is 5.75 Å². The summed E-state index contributed by atoms with van der Waals surface area (Å²) in [5.41, 5.74) is 2.31. The van der Waals surface area contributed by atoms with Gasteiger partial charge in [0.2, 0.25) is 0 Å². The van der Waals surface area contributed by atoms with Gasteiger partial charge in [0.15, 0.2) is 0 Å². The molecule has 17 heavy (non-hydrogen) atoms. The van der Waals surface area contributed by atoms with Crippen molar-refractivity contribution < 1.29 is 4.74 Å². The van der Waals surface area contributed by atoms with Crippen LogP contribution in [0.1, 0.15) is 11.3 Å². The van der Waals surface area contributed by atoms with Gasteiger partial charge in [-0.3, -0.25) is 0 Å². The van der Waals surface area contributed by atoms with Crippen LogP contribution in [0, 0.1) is 0 Å². The lowest BCUT2D eigenvalue weighted by Crippen LogP contribution is -2.16. The summed E-state index contributed by atoms with van der Waals surface area (Å²) >= 11 is 1.38. The van der Waals surface area contributed by atoms with E-state index in [9.17, 15) is 0 Å². The molecule has 2 aromatic rings. The molecule has 0 aliphatic heterocycles. The summed E-state index contributed by atoms with van der Waals surface area (Å²) in [6, 6.07) is 8.15. The van der Waals surface area contributed by atoms with Crippen LogP contribution in [0.4, 0.5) is 0 Å². The summed E-state index contributed by atoms with van der Waals surface area (Å²) in [5.74, 6) is 0.898. The predicted octanol–water partition coefficient (Wildman–Crippen LogP) is 1.88. The van der Waals surface area contributed by atoms with E-state index in [2.05, 4.69) is 27.0 Å². The zero-order valence-corrected chi connectivity index (χ0v) is 10.5. The Morgan fingerprint density at radius 2 is 2.12 bits per heavy atom. The first kappa shape index (κ1) is 12.0. The van der Waals surface area contributed by atoms with Crippen LogP contribution in [0.15, 0.2) is 29.6 Å². The van der Waals surface area contributed by atoms with Crippen LogP contribution in [0.2, 0.25) is 0 Å². The summed E-state index contributed by atoms with van der Waals surface area (Å²) in [4.78, 5) is 0. The molecule has 5 heteroatoms. The lowest BCUT2D eigenvalue weighted by Gasteiger charge is -2.04. The maximum absolute atomic E-state index is 5.11. The number of benzene rings is 1. The highest BCUT2D eigenvalue weighted by Crippen LogP contribution is 2.11. The number of nitrogens with one attached hydrogen (secondary N) is 1. The molecule has 0 fully saturated rings. The van der Waals surface area contributed by atoms with E-state index in [1.165, 1.54) is 17.1 Å². The van der Waals surface area contributed by atoms with Crippen molar-refractivity contribution in [1.82, 2.24) is 14.9 Å². The average Bonchev–Trinajstić information content (AvgIpc) is 2.88. The third kappa shape index (κ3) is 3.80. The molecular formula is C12H15N3OS. The van der Waals surface area contributed by atoms with Gasteiger partial charge in [0.05, 0.1) is 12.8 Å². The highest BCUT2D eigenvalue weighted by Gasteiger charge is 1.97. The van der Waals surface area contributed by atoms with Crippen LogP contribution in [0.25, 0.3) is 0 Å². The first-order chi connectivity index (χ1) is 8.38. The van der Waals surface area contributed by atoms with Gasteiger partial charge in [-0.15, -0.1) is 5.10 Å². The largest absolute Gasteiger partial charge is 0.497 e.